The fraction of sp³-hybridized carbons (Fsp3) is 0.214. The molecule has 0 saturated heterocycles. The van der Waals surface area contributed by atoms with Crippen LogP contribution in [0.3, 0.4) is 0 Å². The number of pyridine rings is 1. The lowest BCUT2D eigenvalue weighted by molar-refractivity contribution is 0.459. The van der Waals surface area contributed by atoms with Crippen molar-refractivity contribution < 1.29 is 4.74 Å². The van der Waals surface area contributed by atoms with Crippen LogP contribution in [-0.2, 0) is 0 Å². The number of rotatable bonds is 5. The van der Waals surface area contributed by atoms with Crippen molar-refractivity contribution in [1.82, 2.24) is 4.98 Å². The molecule has 2 nitrogen and oxygen atoms in total. The minimum absolute atomic E-state index is 0.390. The third kappa shape index (κ3) is 4.03. The number of thioether (sulfide) groups is 1. The molecule has 2 rings (SSSR count). The average Bonchev–Trinajstić information content (AvgIpc) is 2.42. The number of nitrogens with zero attached hydrogens (tertiary/aromatic N) is 1. The fourth-order valence-electron chi connectivity index (χ4n) is 1.36. The summed E-state index contributed by atoms with van der Waals surface area (Å²) in [5.74, 6) is 1.99. The quantitative estimate of drug-likeness (QED) is 0.682. The van der Waals surface area contributed by atoms with Crippen LogP contribution < -0.4 is 4.74 Å². The van der Waals surface area contributed by atoms with Gasteiger partial charge in [0.15, 0.2) is 0 Å². The predicted molar refractivity (Wildman–Crippen MR) is 80.6 cm³/mol. The van der Waals surface area contributed by atoms with Gasteiger partial charge in [0.25, 0.3) is 0 Å². The Labute approximate surface area is 127 Å². The first-order valence-electron chi connectivity index (χ1n) is 5.84. The zero-order chi connectivity index (χ0) is 13.7. The molecule has 5 heteroatoms. The monoisotopic (exact) mass is 312 g/mol. The van der Waals surface area contributed by atoms with Crippen molar-refractivity contribution in [2.45, 2.75) is 18.4 Å². The van der Waals surface area contributed by atoms with Crippen LogP contribution in [0.2, 0.25) is 10.0 Å². The second-order valence-electron chi connectivity index (χ2n) is 3.74. The molecule has 1 aromatic heterocycles. The lowest BCUT2D eigenvalue weighted by Gasteiger charge is -2.08. The first-order chi connectivity index (χ1) is 9.20. The second kappa shape index (κ2) is 7.04. The molecule has 0 fully saturated rings. The molecule has 0 aliphatic carbocycles. The minimum atomic E-state index is 0.390. The van der Waals surface area contributed by atoms with Gasteiger partial charge in [-0.3, -0.25) is 0 Å². The van der Waals surface area contributed by atoms with E-state index in [0.717, 1.165) is 17.2 Å². The van der Waals surface area contributed by atoms with Gasteiger partial charge in [0, 0.05) is 12.1 Å². The molecule has 0 aliphatic heterocycles. The Morgan fingerprint density at radius 1 is 1.32 bits per heavy atom. The minimum Gasteiger partial charge on any atom is -0.437 e. The highest BCUT2D eigenvalue weighted by atomic mass is 35.5. The highest BCUT2D eigenvalue weighted by Crippen LogP contribution is 2.34. The van der Waals surface area contributed by atoms with Crippen LogP contribution in [-0.4, -0.2) is 10.7 Å². The summed E-state index contributed by atoms with van der Waals surface area (Å²) in [6, 6.07) is 11.9. The molecule has 0 saturated carbocycles. The number of halogens is 2. The molecule has 1 heterocycles. The van der Waals surface area contributed by atoms with Gasteiger partial charge in [0.2, 0.25) is 5.88 Å². The number of hydrogen-bond donors (Lipinski definition) is 0. The first-order valence-corrected chi connectivity index (χ1v) is 7.58. The molecule has 19 heavy (non-hydrogen) atoms. The van der Waals surface area contributed by atoms with Gasteiger partial charge in [-0.2, -0.15) is 0 Å². The second-order valence-corrected chi connectivity index (χ2v) is 5.60. The molecule has 2 aromatic rings. The number of benzene rings is 1. The number of ether oxygens (including phenoxy) is 1. The largest absolute Gasteiger partial charge is 0.437 e. The molecular weight excluding hydrogens is 301 g/mol. The van der Waals surface area contributed by atoms with Gasteiger partial charge < -0.3 is 4.74 Å². The summed E-state index contributed by atoms with van der Waals surface area (Å²) in [5, 5.41) is 1.67. The standard InChI is InChI=1S/C14H12Cl2NOS/c1-2-9-19-13-8-4-7-12(17-13)18-11-6-3-5-10(15)14(11)16/h3-7H,2,9H2,1H3. The van der Waals surface area contributed by atoms with Gasteiger partial charge in [-0.1, -0.05) is 36.2 Å². The smallest absolute Gasteiger partial charge is 0.220 e. The van der Waals surface area contributed by atoms with Crippen molar-refractivity contribution in [3.63, 3.8) is 0 Å². The van der Waals surface area contributed by atoms with Gasteiger partial charge in [-0.05, 0) is 30.4 Å². The van der Waals surface area contributed by atoms with E-state index in [4.69, 9.17) is 27.9 Å². The summed E-state index contributed by atoms with van der Waals surface area (Å²) in [4.78, 5) is 4.36. The fourth-order valence-corrected chi connectivity index (χ4v) is 2.39. The molecule has 0 atom stereocenters. The van der Waals surface area contributed by atoms with Crippen LogP contribution in [0.25, 0.3) is 0 Å². The number of hydrogen-bond acceptors (Lipinski definition) is 3. The summed E-state index contributed by atoms with van der Waals surface area (Å²) in [6.07, 6.45) is 1.09. The Bertz CT molecular complexity index is 563. The molecule has 99 valence electrons. The normalized spacial score (nSPS) is 10.5. The molecule has 1 aromatic carbocycles. The maximum atomic E-state index is 6.07. The van der Waals surface area contributed by atoms with E-state index in [0.29, 0.717) is 21.7 Å². The van der Waals surface area contributed by atoms with Gasteiger partial charge in [-0.25, -0.2) is 4.98 Å². The van der Waals surface area contributed by atoms with Crippen molar-refractivity contribution in [2.75, 3.05) is 5.75 Å². The van der Waals surface area contributed by atoms with Gasteiger partial charge in [0.1, 0.15) is 15.8 Å². The van der Waals surface area contributed by atoms with E-state index in [1.165, 1.54) is 0 Å². The SMILES string of the molecule is CCCSc1[c]ccc(Oc2cccc(Cl)c2Cl)n1. The van der Waals surface area contributed by atoms with E-state index in [2.05, 4.69) is 18.0 Å². The molecule has 1 radical (unpaired) electrons. The molecule has 0 bridgehead atoms. The van der Waals surface area contributed by atoms with E-state index in [9.17, 15) is 0 Å². The van der Waals surface area contributed by atoms with E-state index >= 15 is 0 Å². The van der Waals surface area contributed by atoms with Crippen molar-refractivity contribution in [1.29, 1.82) is 0 Å². The van der Waals surface area contributed by atoms with Gasteiger partial charge in [-0.15, -0.1) is 11.8 Å². The van der Waals surface area contributed by atoms with Crippen LogP contribution in [0.1, 0.15) is 13.3 Å². The molecule has 0 unspecified atom stereocenters. The third-order valence-corrected chi connectivity index (χ3v) is 4.11. The Kier molecular flexibility index (Phi) is 5.37. The Morgan fingerprint density at radius 2 is 2.16 bits per heavy atom. The summed E-state index contributed by atoms with van der Waals surface area (Å²) in [6.45, 7) is 2.12. The van der Waals surface area contributed by atoms with E-state index in [1.807, 2.05) is 0 Å². The van der Waals surface area contributed by atoms with Crippen molar-refractivity contribution in [3.8, 4) is 11.6 Å². The highest BCUT2D eigenvalue weighted by molar-refractivity contribution is 7.99. The molecular formula is C14H12Cl2NOS. The molecule has 0 N–H and O–H groups in total. The summed E-state index contributed by atoms with van der Waals surface area (Å²) in [5.41, 5.74) is 0. The van der Waals surface area contributed by atoms with E-state index < -0.39 is 0 Å². The maximum absolute atomic E-state index is 6.07. The van der Waals surface area contributed by atoms with Gasteiger partial charge in [0.05, 0.1) is 5.02 Å². The summed E-state index contributed by atoms with van der Waals surface area (Å²) >= 11 is 13.7. The van der Waals surface area contributed by atoms with Crippen LogP contribution in [0.4, 0.5) is 0 Å². The first kappa shape index (κ1) is 14.5. The van der Waals surface area contributed by atoms with Crippen molar-refractivity contribution >= 4 is 35.0 Å². The number of aromatic nitrogens is 1. The van der Waals surface area contributed by atoms with Crippen LogP contribution in [0.15, 0.2) is 35.4 Å². The summed E-state index contributed by atoms with van der Waals surface area (Å²) < 4.78 is 5.65. The van der Waals surface area contributed by atoms with Crippen molar-refractivity contribution in [2.24, 2.45) is 0 Å². The molecule has 0 aliphatic rings. The predicted octanol–water partition coefficient (Wildman–Crippen LogP) is 5.48. The molecule has 0 spiro atoms. The van der Waals surface area contributed by atoms with Gasteiger partial charge >= 0.3 is 0 Å². The Balaban J connectivity index is 2.16. The Hall–Kier alpha value is -0.900. The third-order valence-electron chi connectivity index (χ3n) is 2.22. The lowest BCUT2D eigenvalue weighted by atomic mass is 10.3. The average molecular weight is 313 g/mol. The zero-order valence-corrected chi connectivity index (χ0v) is 12.6. The lowest BCUT2D eigenvalue weighted by Crippen LogP contribution is -1.90. The van der Waals surface area contributed by atoms with Crippen LogP contribution >= 0.6 is 35.0 Å². The van der Waals surface area contributed by atoms with Crippen molar-refractivity contribution in [3.05, 3.63) is 46.4 Å². The topological polar surface area (TPSA) is 22.1 Å². The summed E-state index contributed by atoms with van der Waals surface area (Å²) in [7, 11) is 0. The van der Waals surface area contributed by atoms with E-state index in [-0.39, 0.29) is 0 Å². The Morgan fingerprint density at radius 3 is 2.95 bits per heavy atom. The molecule has 0 amide bonds. The van der Waals surface area contributed by atoms with Crippen LogP contribution in [0, 0.1) is 6.07 Å². The zero-order valence-electron chi connectivity index (χ0n) is 10.3. The maximum Gasteiger partial charge on any atom is 0.220 e. The van der Waals surface area contributed by atoms with E-state index in [1.54, 1.807) is 42.1 Å². The van der Waals surface area contributed by atoms with Crippen LogP contribution in [0.5, 0.6) is 11.6 Å². The highest BCUT2D eigenvalue weighted by Gasteiger charge is 2.08.